The molecule has 0 spiro atoms. The maximum absolute atomic E-state index is 6.04. The highest BCUT2D eigenvalue weighted by Crippen LogP contribution is 2.25. The molecule has 2 atom stereocenters. The van der Waals surface area contributed by atoms with Crippen LogP contribution in [-0.2, 0) is 9.47 Å². The number of fused-ring (bicyclic) bond motifs is 2. The SMILES string of the molecule is COc1ccc2nc(OC[C@@H]3CN4CCOC[C@H]4CO3)nc(N)c2c1. The molecule has 4 rings (SSSR count). The van der Waals surface area contributed by atoms with Crippen molar-refractivity contribution in [1.82, 2.24) is 14.9 Å². The van der Waals surface area contributed by atoms with Crippen molar-refractivity contribution >= 4 is 16.7 Å². The third-order valence-electron chi connectivity index (χ3n) is 4.62. The monoisotopic (exact) mass is 346 g/mol. The molecule has 3 heterocycles. The zero-order valence-corrected chi connectivity index (χ0v) is 14.2. The Morgan fingerprint density at radius 3 is 3.12 bits per heavy atom. The van der Waals surface area contributed by atoms with Crippen LogP contribution in [0.4, 0.5) is 5.82 Å². The number of nitrogens with zero attached hydrogens (tertiary/aromatic N) is 3. The van der Waals surface area contributed by atoms with E-state index in [0.29, 0.717) is 30.8 Å². The van der Waals surface area contributed by atoms with Gasteiger partial charge in [-0.15, -0.1) is 0 Å². The van der Waals surface area contributed by atoms with Crippen LogP contribution in [0.1, 0.15) is 0 Å². The Morgan fingerprint density at radius 2 is 2.24 bits per heavy atom. The summed E-state index contributed by atoms with van der Waals surface area (Å²) in [7, 11) is 1.61. The van der Waals surface area contributed by atoms with Crippen molar-refractivity contribution in [1.29, 1.82) is 0 Å². The first-order valence-electron chi connectivity index (χ1n) is 8.40. The van der Waals surface area contributed by atoms with Crippen LogP contribution in [0.5, 0.6) is 11.8 Å². The highest BCUT2D eigenvalue weighted by Gasteiger charge is 2.31. The van der Waals surface area contributed by atoms with Crippen molar-refractivity contribution in [2.75, 3.05) is 52.4 Å². The minimum absolute atomic E-state index is 0.00858. The molecule has 1 aromatic carbocycles. The van der Waals surface area contributed by atoms with Crippen molar-refractivity contribution in [2.45, 2.75) is 12.1 Å². The fourth-order valence-corrected chi connectivity index (χ4v) is 3.21. The average Bonchev–Trinajstić information content (AvgIpc) is 2.66. The summed E-state index contributed by atoms with van der Waals surface area (Å²) in [5.41, 5.74) is 6.76. The Bertz CT molecular complexity index is 757. The summed E-state index contributed by atoms with van der Waals surface area (Å²) < 4.78 is 22.3. The predicted octanol–water partition coefficient (Wildman–Crippen LogP) is 0.699. The number of hydrogen-bond donors (Lipinski definition) is 1. The van der Waals surface area contributed by atoms with Crippen molar-refractivity contribution in [2.24, 2.45) is 0 Å². The van der Waals surface area contributed by atoms with Crippen molar-refractivity contribution in [3.8, 4) is 11.8 Å². The van der Waals surface area contributed by atoms with Gasteiger partial charge in [-0.2, -0.15) is 9.97 Å². The Kier molecular flexibility index (Phi) is 4.56. The lowest BCUT2D eigenvalue weighted by Gasteiger charge is -2.41. The first-order valence-corrected chi connectivity index (χ1v) is 8.40. The summed E-state index contributed by atoms with van der Waals surface area (Å²) in [5, 5.41) is 0.747. The highest BCUT2D eigenvalue weighted by molar-refractivity contribution is 5.89. The van der Waals surface area contributed by atoms with E-state index in [0.717, 1.165) is 37.2 Å². The Hall–Kier alpha value is -2.16. The summed E-state index contributed by atoms with van der Waals surface area (Å²) in [5.74, 6) is 1.09. The molecule has 2 aromatic rings. The lowest BCUT2D eigenvalue weighted by molar-refractivity contribution is -0.124. The molecule has 0 aliphatic carbocycles. The third kappa shape index (κ3) is 3.46. The largest absolute Gasteiger partial charge is 0.497 e. The fraction of sp³-hybridized carbons (Fsp3) is 0.529. The van der Waals surface area contributed by atoms with Crippen LogP contribution in [0.15, 0.2) is 18.2 Å². The molecule has 2 aliphatic rings. The van der Waals surface area contributed by atoms with Gasteiger partial charge in [0.1, 0.15) is 24.3 Å². The summed E-state index contributed by atoms with van der Waals surface area (Å²) in [4.78, 5) is 11.1. The topological polar surface area (TPSA) is 92.0 Å². The lowest BCUT2D eigenvalue weighted by atomic mass is 10.1. The number of hydrogen-bond acceptors (Lipinski definition) is 8. The zero-order chi connectivity index (χ0) is 17.2. The van der Waals surface area contributed by atoms with Crippen LogP contribution in [0, 0.1) is 0 Å². The van der Waals surface area contributed by atoms with Gasteiger partial charge in [0.05, 0.1) is 38.5 Å². The van der Waals surface area contributed by atoms with E-state index in [4.69, 9.17) is 24.7 Å². The Balaban J connectivity index is 1.42. The number of aromatic nitrogens is 2. The van der Waals surface area contributed by atoms with Crippen LogP contribution in [0.3, 0.4) is 0 Å². The van der Waals surface area contributed by atoms with E-state index in [9.17, 15) is 0 Å². The van der Waals surface area contributed by atoms with Crippen LogP contribution in [-0.4, -0.2) is 73.6 Å². The van der Waals surface area contributed by atoms with Gasteiger partial charge < -0.3 is 24.7 Å². The molecule has 25 heavy (non-hydrogen) atoms. The molecule has 0 saturated carbocycles. The highest BCUT2D eigenvalue weighted by atomic mass is 16.5. The number of nitrogen functional groups attached to an aromatic ring is 1. The number of methoxy groups -OCH3 is 1. The average molecular weight is 346 g/mol. The molecule has 0 radical (unpaired) electrons. The van der Waals surface area contributed by atoms with Crippen molar-refractivity contribution in [3.05, 3.63) is 18.2 Å². The molecule has 2 aliphatic heterocycles. The number of ether oxygens (including phenoxy) is 4. The molecule has 2 fully saturated rings. The minimum Gasteiger partial charge on any atom is -0.497 e. The van der Waals surface area contributed by atoms with Gasteiger partial charge >= 0.3 is 6.01 Å². The van der Waals surface area contributed by atoms with Crippen LogP contribution < -0.4 is 15.2 Å². The Morgan fingerprint density at radius 1 is 1.32 bits per heavy atom. The first kappa shape index (κ1) is 16.3. The molecule has 1 aromatic heterocycles. The molecular weight excluding hydrogens is 324 g/mol. The second-order valence-corrected chi connectivity index (χ2v) is 6.26. The van der Waals surface area contributed by atoms with Gasteiger partial charge in [0.15, 0.2) is 0 Å². The van der Waals surface area contributed by atoms with E-state index in [-0.39, 0.29) is 12.1 Å². The molecule has 0 unspecified atom stereocenters. The van der Waals surface area contributed by atoms with Gasteiger partial charge in [0, 0.05) is 18.5 Å². The lowest BCUT2D eigenvalue weighted by Crippen LogP contribution is -2.56. The maximum atomic E-state index is 6.04. The van der Waals surface area contributed by atoms with Gasteiger partial charge in [0.2, 0.25) is 0 Å². The molecule has 2 N–H and O–H groups in total. The van der Waals surface area contributed by atoms with Gasteiger partial charge in [-0.1, -0.05) is 0 Å². The van der Waals surface area contributed by atoms with Crippen molar-refractivity contribution < 1.29 is 18.9 Å². The van der Waals surface area contributed by atoms with Gasteiger partial charge in [-0.25, -0.2) is 0 Å². The van der Waals surface area contributed by atoms with Gasteiger partial charge in [-0.05, 0) is 18.2 Å². The number of anilines is 1. The number of morpholine rings is 2. The number of benzene rings is 1. The number of rotatable bonds is 4. The van der Waals surface area contributed by atoms with E-state index in [1.807, 2.05) is 18.2 Å². The second kappa shape index (κ2) is 6.99. The maximum Gasteiger partial charge on any atom is 0.319 e. The van der Waals surface area contributed by atoms with Gasteiger partial charge in [-0.3, -0.25) is 4.90 Å². The fourth-order valence-electron chi connectivity index (χ4n) is 3.21. The van der Waals surface area contributed by atoms with Crippen molar-refractivity contribution in [3.63, 3.8) is 0 Å². The van der Waals surface area contributed by atoms with Gasteiger partial charge in [0.25, 0.3) is 0 Å². The summed E-state index contributed by atoms with van der Waals surface area (Å²) in [6.07, 6.45) is -0.00858. The second-order valence-electron chi connectivity index (χ2n) is 6.26. The minimum atomic E-state index is -0.00858. The van der Waals surface area contributed by atoms with E-state index in [1.54, 1.807) is 7.11 Å². The summed E-state index contributed by atoms with van der Waals surface area (Å²) in [6, 6.07) is 6.11. The zero-order valence-electron chi connectivity index (χ0n) is 14.2. The van der Waals surface area contributed by atoms with Crippen LogP contribution in [0.2, 0.25) is 0 Å². The van der Waals surface area contributed by atoms with Crippen LogP contribution >= 0.6 is 0 Å². The first-order chi connectivity index (χ1) is 12.2. The molecule has 0 amide bonds. The molecular formula is C17H22N4O4. The normalized spacial score (nSPS) is 24.0. The van der Waals surface area contributed by atoms with E-state index < -0.39 is 0 Å². The Labute approximate surface area is 145 Å². The molecule has 0 bridgehead atoms. The predicted molar refractivity (Wildman–Crippen MR) is 91.9 cm³/mol. The summed E-state index contributed by atoms with van der Waals surface area (Å²) >= 11 is 0. The van der Waals surface area contributed by atoms with E-state index in [2.05, 4.69) is 14.9 Å². The molecule has 8 nitrogen and oxygen atoms in total. The van der Waals surface area contributed by atoms with E-state index in [1.165, 1.54) is 0 Å². The van der Waals surface area contributed by atoms with Crippen LogP contribution in [0.25, 0.3) is 10.9 Å². The summed E-state index contributed by atoms with van der Waals surface area (Å²) in [6.45, 7) is 4.33. The smallest absolute Gasteiger partial charge is 0.319 e. The third-order valence-corrected chi connectivity index (χ3v) is 4.62. The standard InChI is InChI=1S/C17H22N4O4/c1-22-12-2-3-15-14(6-12)16(18)20-17(19-15)25-10-13-7-21-4-5-23-8-11(21)9-24-13/h2-3,6,11,13H,4-5,7-10H2,1H3,(H2,18,19,20)/t11-,13-/m0/s1. The number of nitrogens with two attached hydrogens (primary N) is 1. The molecule has 2 saturated heterocycles. The molecule has 134 valence electrons. The quantitative estimate of drug-likeness (QED) is 0.865. The van der Waals surface area contributed by atoms with E-state index >= 15 is 0 Å². The molecule has 8 heteroatoms.